The van der Waals surface area contributed by atoms with E-state index in [2.05, 4.69) is 15.4 Å². The van der Waals surface area contributed by atoms with Crippen LogP contribution in [0.1, 0.15) is 10.5 Å². The zero-order valence-corrected chi connectivity index (χ0v) is 7.94. The fraction of sp³-hybridized carbons (Fsp3) is 0. The first kappa shape index (κ1) is 10.1. The minimum atomic E-state index is -0.813. The van der Waals surface area contributed by atoms with Crippen LogP contribution >= 0.6 is 0 Å². The van der Waals surface area contributed by atoms with Gasteiger partial charge in [0.25, 0.3) is 5.91 Å². The maximum absolute atomic E-state index is 13.0. The van der Waals surface area contributed by atoms with E-state index in [9.17, 15) is 14.3 Å². The van der Waals surface area contributed by atoms with Gasteiger partial charge in [0.1, 0.15) is 17.3 Å². The number of carbonyl (C=O) groups excluding carboxylic acids is 1. The molecule has 2 aromatic rings. The smallest absolute Gasteiger partial charge is 0.271 e. The molecule has 82 valence electrons. The standard InChI is InChI=1S/C9H7FN4O2/c10-4-1-2-6(15)5(3-4)7-8(9(11)16)13-14-12-7/h1-3,15H,(H2,11,16)(H,12,13,14). The molecule has 0 aliphatic rings. The monoisotopic (exact) mass is 222 g/mol. The van der Waals surface area contributed by atoms with Crippen molar-refractivity contribution < 1.29 is 14.3 Å². The Kier molecular flexibility index (Phi) is 2.28. The van der Waals surface area contributed by atoms with Gasteiger partial charge in [-0.05, 0) is 18.2 Å². The van der Waals surface area contributed by atoms with Crippen molar-refractivity contribution in [2.45, 2.75) is 0 Å². The number of aromatic nitrogens is 3. The fourth-order valence-corrected chi connectivity index (χ4v) is 1.29. The summed E-state index contributed by atoms with van der Waals surface area (Å²) in [7, 11) is 0. The number of nitrogens with zero attached hydrogens (tertiary/aromatic N) is 2. The third-order valence-corrected chi connectivity index (χ3v) is 2.00. The van der Waals surface area contributed by atoms with Crippen molar-refractivity contribution in [2.75, 3.05) is 0 Å². The molecule has 0 atom stereocenters. The van der Waals surface area contributed by atoms with E-state index in [1.165, 1.54) is 0 Å². The highest BCUT2D eigenvalue weighted by Crippen LogP contribution is 2.29. The van der Waals surface area contributed by atoms with Gasteiger partial charge in [-0.25, -0.2) is 4.39 Å². The molecule has 0 saturated heterocycles. The molecular weight excluding hydrogens is 215 g/mol. The van der Waals surface area contributed by atoms with E-state index in [0.29, 0.717) is 0 Å². The van der Waals surface area contributed by atoms with Gasteiger partial charge in [0.15, 0.2) is 5.69 Å². The van der Waals surface area contributed by atoms with Gasteiger partial charge in [-0.2, -0.15) is 15.4 Å². The number of aromatic amines is 1. The largest absolute Gasteiger partial charge is 0.507 e. The maximum atomic E-state index is 13.0. The second-order valence-corrected chi connectivity index (χ2v) is 3.05. The summed E-state index contributed by atoms with van der Waals surface area (Å²) in [6, 6.07) is 3.28. The number of amides is 1. The van der Waals surface area contributed by atoms with Crippen molar-refractivity contribution in [1.29, 1.82) is 0 Å². The van der Waals surface area contributed by atoms with E-state index >= 15 is 0 Å². The third-order valence-electron chi connectivity index (χ3n) is 2.00. The second-order valence-electron chi connectivity index (χ2n) is 3.05. The number of nitrogens with two attached hydrogens (primary N) is 1. The zero-order chi connectivity index (χ0) is 11.7. The number of halogens is 1. The predicted molar refractivity (Wildman–Crippen MR) is 52.0 cm³/mol. The lowest BCUT2D eigenvalue weighted by Crippen LogP contribution is -2.12. The van der Waals surface area contributed by atoms with E-state index in [1.54, 1.807) is 0 Å². The lowest BCUT2D eigenvalue weighted by molar-refractivity contribution is 0.0996. The Morgan fingerprint density at radius 3 is 2.88 bits per heavy atom. The van der Waals surface area contributed by atoms with Crippen LogP contribution in [0, 0.1) is 5.82 Å². The molecular formula is C9H7FN4O2. The molecule has 1 heterocycles. The van der Waals surface area contributed by atoms with Crippen LogP contribution in [0.15, 0.2) is 18.2 Å². The lowest BCUT2D eigenvalue weighted by atomic mass is 10.1. The molecule has 7 heteroatoms. The van der Waals surface area contributed by atoms with Crippen molar-refractivity contribution in [3.63, 3.8) is 0 Å². The Hall–Kier alpha value is -2.44. The molecule has 0 radical (unpaired) electrons. The molecule has 16 heavy (non-hydrogen) atoms. The highest BCUT2D eigenvalue weighted by molar-refractivity contribution is 5.97. The summed E-state index contributed by atoms with van der Waals surface area (Å²) in [6.07, 6.45) is 0. The normalized spacial score (nSPS) is 10.3. The molecule has 0 bridgehead atoms. The van der Waals surface area contributed by atoms with E-state index < -0.39 is 11.7 Å². The summed E-state index contributed by atoms with van der Waals surface area (Å²) >= 11 is 0. The summed E-state index contributed by atoms with van der Waals surface area (Å²) in [6.45, 7) is 0. The van der Waals surface area contributed by atoms with Crippen LogP contribution < -0.4 is 5.73 Å². The van der Waals surface area contributed by atoms with Gasteiger partial charge >= 0.3 is 0 Å². The van der Waals surface area contributed by atoms with Crippen molar-refractivity contribution in [2.24, 2.45) is 5.73 Å². The van der Waals surface area contributed by atoms with Crippen LogP contribution in [-0.2, 0) is 0 Å². The molecule has 0 aliphatic heterocycles. The SMILES string of the molecule is NC(=O)c1n[nH]nc1-c1cc(F)ccc1O. The van der Waals surface area contributed by atoms with Gasteiger partial charge in [0.05, 0.1) is 0 Å². The summed E-state index contributed by atoms with van der Waals surface area (Å²) in [5.74, 6) is -1.59. The van der Waals surface area contributed by atoms with Crippen molar-refractivity contribution in [3.8, 4) is 17.0 Å². The molecule has 1 aromatic heterocycles. The summed E-state index contributed by atoms with van der Waals surface area (Å²) < 4.78 is 13.0. The van der Waals surface area contributed by atoms with Crippen LogP contribution in [-0.4, -0.2) is 26.4 Å². The Morgan fingerprint density at radius 1 is 1.44 bits per heavy atom. The second kappa shape index (κ2) is 3.61. The average molecular weight is 222 g/mol. The van der Waals surface area contributed by atoms with Gasteiger partial charge in [-0.1, -0.05) is 0 Å². The number of carbonyl (C=O) groups is 1. The predicted octanol–water partition coefficient (Wildman–Crippen LogP) is 0.415. The molecule has 6 nitrogen and oxygen atoms in total. The van der Waals surface area contributed by atoms with Crippen LogP contribution in [0.2, 0.25) is 0 Å². The van der Waals surface area contributed by atoms with Gasteiger partial charge in [0, 0.05) is 5.56 Å². The van der Waals surface area contributed by atoms with Gasteiger partial charge in [-0.15, -0.1) is 0 Å². The number of H-pyrrole nitrogens is 1. The van der Waals surface area contributed by atoms with Crippen LogP contribution in [0.3, 0.4) is 0 Å². The number of rotatable bonds is 2. The molecule has 1 amide bonds. The Bertz CT molecular complexity index is 552. The first-order chi connectivity index (χ1) is 7.59. The quantitative estimate of drug-likeness (QED) is 0.684. The van der Waals surface area contributed by atoms with E-state index in [1.807, 2.05) is 0 Å². The van der Waals surface area contributed by atoms with Gasteiger partial charge < -0.3 is 10.8 Å². The van der Waals surface area contributed by atoms with E-state index in [-0.39, 0.29) is 22.7 Å². The van der Waals surface area contributed by atoms with Crippen LogP contribution in [0.25, 0.3) is 11.3 Å². The Labute approximate surface area is 88.9 Å². The van der Waals surface area contributed by atoms with Crippen molar-refractivity contribution in [1.82, 2.24) is 15.4 Å². The average Bonchev–Trinajstić information content (AvgIpc) is 2.70. The number of primary amides is 1. The number of phenolic OH excluding ortho intramolecular Hbond substituents is 1. The summed E-state index contributed by atoms with van der Waals surface area (Å²) in [4.78, 5) is 11.0. The zero-order valence-electron chi connectivity index (χ0n) is 7.94. The van der Waals surface area contributed by atoms with Gasteiger partial charge in [0.2, 0.25) is 0 Å². The maximum Gasteiger partial charge on any atom is 0.271 e. The van der Waals surface area contributed by atoms with Crippen molar-refractivity contribution >= 4 is 5.91 Å². The van der Waals surface area contributed by atoms with E-state index in [0.717, 1.165) is 18.2 Å². The number of benzene rings is 1. The number of hydrogen-bond acceptors (Lipinski definition) is 4. The lowest BCUT2D eigenvalue weighted by Gasteiger charge is -2.01. The van der Waals surface area contributed by atoms with Crippen LogP contribution in [0.5, 0.6) is 5.75 Å². The first-order valence-electron chi connectivity index (χ1n) is 4.29. The minimum absolute atomic E-state index is 0.0181. The minimum Gasteiger partial charge on any atom is -0.507 e. The Balaban J connectivity index is 2.62. The molecule has 4 N–H and O–H groups in total. The van der Waals surface area contributed by atoms with E-state index in [4.69, 9.17) is 5.73 Å². The highest BCUT2D eigenvalue weighted by Gasteiger charge is 2.18. The summed E-state index contributed by atoms with van der Waals surface area (Å²) in [5.41, 5.74) is 4.97. The molecule has 2 rings (SSSR count). The number of phenols is 1. The Morgan fingerprint density at radius 2 is 2.19 bits per heavy atom. The van der Waals surface area contributed by atoms with Crippen molar-refractivity contribution in [3.05, 3.63) is 29.7 Å². The summed E-state index contributed by atoms with van der Waals surface area (Å²) in [5, 5.41) is 18.9. The molecule has 0 spiro atoms. The highest BCUT2D eigenvalue weighted by atomic mass is 19.1. The molecule has 0 unspecified atom stereocenters. The molecule has 0 fully saturated rings. The van der Waals surface area contributed by atoms with Crippen LogP contribution in [0.4, 0.5) is 4.39 Å². The number of nitrogens with one attached hydrogen (secondary N) is 1. The topological polar surface area (TPSA) is 105 Å². The molecule has 1 aromatic carbocycles. The van der Waals surface area contributed by atoms with Gasteiger partial charge in [-0.3, -0.25) is 4.79 Å². The fourth-order valence-electron chi connectivity index (χ4n) is 1.29. The molecule has 0 aliphatic carbocycles. The number of aromatic hydroxyl groups is 1. The number of hydrogen-bond donors (Lipinski definition) is 3. The third kappa shape index (κ3) is 1.58. The first-order valence-corrected chi connectivity index (χ1v) is 4.29. The molecule has 0 saturated carbocycles.